The molecule has 3 nitrogen and oxygen atoms in total. The molecule has 0 saturated carbocycles. The van der Waals surface area contributed by atoms with Crippen LogP contribution in [-0.2, 0) is 14.4 Å². The zero-order valence-electron chi connectivity index (χ0n) is 5.96. The van der Waals surface area contributed by atoms with E-state index in [0.717, 1.165) is 18.2 Å². The van der Waals surface area contributed by atoms with E-state index in [9.17, 15) is 14.4 Å². The standard InChI is InChI=1S/C8H6O3/c1-5-4-8(11)7(10)3-2-6(5)9/h2-4H,1H3. The summed E-state index contributed by atoms with van der Waals surface area (Å²) in [5.41, 5.74) is 0.303. The van der Waals surface area contributed by atoms with Crippen molar-refractivity contribution in [2.45, 2.75) is 6.92 Å². The van der Waals surface area contributed by atoms with Gasteiger partial charge in [-0.1, -0.05) is 0 Å². The molecule has 0 aromatic rings. The molecule has 0 bridgehead atoms. The van der Waals surface area contributed by atoms with E-state index in [4.69, 9.17) is 0 Å². The fourth-order valence-electron chi connectivity index (χ4n) is 0.704. The summed E-state index contributed by atoms with van der Waals surface area (Å²) >= 11 is 0. The van der Waals surface area contributed by atoms with Crippen molar-refractivity contribution in [3.8, 4) is 0 Å². The van der Waals surface area contributed by atoms with Crippen molar-refractivity contribution in [3.05, 3.63) is 23.8 Å². The van der Waals surface area contributed by atoms with E-state index in [0.29, 0.717) is 5.57 Å². The van der Waals surface area contributed by atoms with Gasteiger partial charge in [-0.3, -0.25) is 14.4 Å². The molecule has 0 fully saturated rings. The molecule has 0 aromatic carbocycles. The third-order valence-electron chi connectivity index (χ3n) is 1.37. The van der Waals surface area contributed by atoms with Crippen LogP contribution in [0.3, 0.4) is 0 Å². The molecule has 0 heterocycles. The Labute approximate surface area is 63.4 Å². The lowest BCUT2D eigenvalue weighted by Gasteiger charge is -1.87. The Morgan fingerprint density at radius 3 is 2.09 bits per heavy atom. The van der Waals surface area contributed by atoms with Gasteiger partial charge in [-0.15, -0.1) is 0 Å². The highest BCUT2D eigenvalue weighted by Crippen LogP contribution is 2.01. The van der Waals surface area contributed by atoms with Gasteiger partial charge in [-0.05, 0) is 25.2 Å². The van der Waals surface area contributed by atoms with Gasteiger partial charge in [0, 0.05) is 5.57 Å². The van der Waals surface area contributed by atoms with Crippen molar-refractivity contribution in [1.29, 1.82) is 0 Å². The Morgan fingerprint density at radius 2 is 1.45 bits per heavy atom. The lowest BCUT2D eigenvalue weighted by molar-refractivity contribution is -0.130. The fourth-order valence-corrected chi connectivity index (χ4v) is 0.704. The monoisotopic (exact) mass is 150 g/mol. The van der Waals surface area contributed by atoms with Crippen LogP contribution in [-0.4, -0.2) is 17.3 Å². The van der Waals surface area contributed by atoms with Crippen LogP contribution in [0.25, 0.3) is 0 Å². The molecule has 0 amide bonds. The largest absolute Gasteiger partial charge is 0.290 e. The molecule has 0 aliphatic heterocycles. The van der Waals surface area contributed by atoms with Gasteiger partial charge in [0.25, 0.3) is 0 Å². The van der Waals surface area contributed by atoms with E-state index in [-0.39, 0.29) is 5.78 Å². The molecule has 0 radical (unpaired) electrons. The molecule has 11 heavy (non-hydrogen) atoms. The third kappa shape index (κ3) is 1.49. The van der Waals surface area contributed by atoms with Crippen molar-refractivity contribution in [2.24, 2.45) is 0 Å². The van der Waals surface area contributed by atoms with Crippen LogP contribution in [0, 0.1) is 0 Å². The first-order valence-corrected chi connectivity index (χ1v) is 3.10. The minimum atomic E-state index is -0.643. The number of rotatable bonds is 0. The fraction of sp³-hybridized carbons (Fsp3) is 0.125. The Morgan fingerprint density at radius 1 is 0.909 bits per heavy atom. The summed E-state index contributed by atoms with van der Waals surface area (Å²) in [5.74, 6) is -1.57. The normalized spacial score (nSPS) is 18.3. The first-order valence-electron chi connectivity index (χ1n) is 3.10. The predicted octanol–water partition coefficient (Wildman–Crippen LogP) is 0.210. The van der Waals surface area contributed by atoms with Crippen molar-refractivity contribution < 1.29 is 14.4 Å². The van der Waals surface area contributed by atoms with Gasteiger partial charge < -0.3 is 0 Å². The van der Waals surface area contributed by atoms with E-state index in [1.807, 2.05) is 0 Å². The number of hydrogen-bond acceptors (Lipinski definition) is 3. The highest BCUT2D eigenvalue weighted by atomic mass is 16.2. The Kier molecular flexibility index (Phi) is 1.81. The number of carbonyl (C=O) groups is 3. The Balaban J connectivity index is 3.12. The van der Waals surface area contributed by atoms with Crippen LogP contribution in [0.1, 0.15) is 6.92 Å². The van der Waals surface area contributed by atoms with E-state index in [1.165, 1.54) is 6.92 Å². The summed E-state index contributed by atoms with van der Waals surface area (Å²) in [5, 5.41) is 0. The molecule has 1 rings (SSSR count). The summed E-state index contributed by atoms with van der Waals surface area (Å²) in [4.78, 5) is 32.3. The van der Waals surface area contributed by atoms with Crippen molar-refractivity contribution in [1.82, 2.24) is 0 Å². The van der Waals surface area contributed by atoms with Gasteiger partial charge in [0.1, 0.15) is 0 Å². The quantitative estimate of drug-likeness (QED) is 0.464. The Bertz CT molecular complexity index is 294. The molecule has 0 atom stereocenters. The summed E-state index contributed by atoms with van der Waals surface area (Å²) in [6, 6.07) is 0. The van der Waals surface area contributed by atoms with E-state index in [1.54, 1.807) is 0 Å². The molecular weight excluding hydrogens is 144 g/mol. The van der Waals surface area contributed by atoms with Gasteiger partial charge in [0.15, 0.2) is 5.78 Å². The smallest absolute Gasteiger partial charge is 0.226 e. The van der Waals surface area contributed by atoms with E-state index < -0.39 is 11.6 Å². The number of hydrogen-bond donors (Lipinski definition) is 0. The van der Waals surface area contributed by atoms with Gasteiger partial charge in [0.05, 0.1) is 0 Å². The Hall–Kier alpha value is -1.51. The first kappa shape index (κ1) is 7.60. The third-order valence-corrected chi connectivity index (χ3v) is 1.37. The lowest BCUT2D eigenvalue weighted by atomic mass is 10.2. The minimum Gasteiger partial charge on any atom is -0.290 e. The molecule has 0 spiro atoms. The van der Waals surface area contributed by atoms with Gasteiger partial charge in [-0.2, -0.15) is 0 Å². The van der Waals surface area contributed by atoms with Crippen molar-refractivity contribution >= 4 is 17.3 Å². The molecule has 0 unspecified atom stereocenters. The van der Waals surface area contributed by atoms with Crippen LogP contribution in [0.2, 0.25) is 0 Å². The maximum Gasteiger partial charge on any atom is 0.226 e. The highest BCUT2D eigenvalue weighted by Gasteiger charge is 2.13. The molecule has 3 heteroatoms. The summed E-state index contributed by atoms with van der Waals surface area (Å²) < 4.78 is 0. The molecule has 0 saturated heterocycles. The van der Waals surface area contributed by atoms with Crippen LogP contribution in [0.5, 0.6) is 0 Å². The van der Waals surface area contributed by atoms with Crippen LogP contribution < -0.4 is 0 Å². The molecule has 1 aliphatic carbocycles. The van der Waals surface area contributed by atoms with Crippen molar-refractivity contribution in [3.63, 3.8) is 0 Å². The zero-order chi connectivity index (χ0) is 8.43. The average molecular weight is 150 g/mol. The van der Waals surface area contributed by atoms with Gasteiger partial charge in [0.2, 0.25) is 11.6 Å². The number of allylic oxidation sites excluding steroid dienone is 4. The van der Waals surface area contributed by atoms with Gasteiger partial charge >= 0.3 is 0 Å². The maximum atomic E-state index is 10.8. The van der Waals surface area contributed by atoms with Crippen molar-refractivity contribution in [2.75, 3.05) is 0 Å². The minimum absolute atomic E-state index is 0.288. The lowest BCUT2D eigenvalue weighted by Crippen LogP contribution is -2.06. The zero-order valence-corrected chi connectivity index (χ0v) is 5.96. The highest BCUT2D eigenvalue weighted by molar-refractivity contribution is 6.47. The first-order chi connectivity index (χ1) is 5.11. The second-order valence-corrected chi connectivity index (χ2v) is 2.25. The molecule has 0 N–H and O–H groups in total. The second kappa shape index (κ2) is 2.62. The second-order valence-electron chi connectivity index (χ2n) is 2.25. The molecule has 0 aromatic heterocycles. The number of carbonyl (C=O) groups excluding carboxylic acids is 3. The van der Waals surface area contributed by atoms with Gasteiger partial charge in [-0.25, -0.2) is 0 Å². The summed E-state index contributed by atoms with van der Waals surface area (Å²) in [7, 11) is 0. The topological polar surface area (TPSA) is 51.2 Å². The predicted molar refractivity (Wildman–Crippen MR) is 37.9 cm³/mol. The molecule has 1 aliphatic rings. The SMILES string of the molecule is CC1=CC(=O)C(=O)C=CC1=O. The van der Waals surface area contributed by atoms with E-state index in [2.05, 4.69) is 0 Å². The average Bonchev–Trinajstić information content (AvgIpc) is 2.05. The van der Waals surface area contributed by atoms with Crippen LogP contribution >= 0.6 is 0 Å². The number of ketones is 3. The molecular formula is C8H6O3. The summed E-state index contributed by atoms with van der Waals surface area (Å²) in [6.07, 6.45) is 3.17. The maximum absolute atomic E-state index is 10.8. The van der Waals surface area contributed by atoms with Crippen LogP contribution in [0.4, 0.5) is 0 Å². The molecule has 56 valence electrons. The summed E-state index contributed by atoms with van der Waals surface area (Å²) in [6.45, 7) is 1.50. The van der Waals surface area contributed by atoms with Crippen LogP contribution in [0.15, 0.2) is 23.8 Å². The van der Waals surface area contributed by atoms with E-state index >= 15 is 0 Å².